The topological polar surface area (TPSA) is 61.4 Å². The molecule has 1 aromatic carbocycles. The van der Waals surface area contributed by atoms with E-state index < -0.39 is 0 Å². The number of carbonyl (C=O) groups excluding carboxylic acids is 2. The fraction of sp³-hybridized carbons (Fsp3) is 0.429. The number of amides is 2. The molecule has 0 aliphatic carbocycles. The molecule has 0 saturated carbocycles. The van der Waals surface area contributed by atoms with E-state index in [0.717, 1.165) is 6.42 Å². The summed E-state index contributed by atoms with van der Waals surface area (Å²) in [6, 6.07) is 5.17. The van der Waals surface area contributed by atoms with Crippen molar-refractivity contribution in [2.75, 3.05) is 25.5 Å². The lowest BCUT2D eigenvalue weighted by atomic mass is 10.1. The summed E-state index contributed by atoms with van der Waals surface area (Å²) in [5, 5.41) is 6.64. The Morgan fingerprint density at radius 1 is 1.38 bits per heavy atom. The van der Waals surface area contributed by atoms with Gasteiger partial charge in [0.25, 0.3) is 0 Å². The SMILES string of the molecule is CN1CC(NCC(=O)Nc2c(Cl)cccc2Cl)CCC1=O. The van der Waals surface area contributed by atoms with Crippen LogP contribution in [0.1, 0.15) is 12.8 Å². The van der Waals surface area contributed by atoms with Gasteiger partial charge in [-0.25, -0.2) is 0 Å². The number of para-hydroxylation sites is 1. The Morgan fingerprint density at radius 2 is 2.05 bits per heavy atom. The van der Waals surface area contributed by atoms with E-state index in [1.54, 1.807) is 30.1 Å². The van der Waals surface area contributed by atoms with Crippen LogP contribution in [0.5, 0.6) is 0 Å². The normalized spacial score (nSPS) is 18.7. The minimum atomic E-state index is -0.218. The van der Waals surface area contributed by atoms with Crippen LogP contribution >= 0.6 is 23.2 Å². The van der Waals surface area contributed by atoms with Crippen LogP contribution < -0.4 is 10.6 Å². The third kappa shape index (κ3) is 4.33. The van der Waals surface area contributed by atoms with Crippen molar-refractivity contribution in [3.63, 3.8) is 0 Å². The first-order chi connectivity index (χ1) is 9.97. The van der Waals surface area contributed by atoms with Gasteiger partial charge >= 0.3 is 0 Å². The number of likely N-dealkylation sites (N-methyl/N-ethyl adjacent to an activating group) is 1. The summed E-state index contributed by atoms with van der Waals surface area (Å²) < 4.78 is 0. The van der Waals surface area contributed by atoms with Crippen LogP contribution in [-0.2, 0) is 9.59 Å². The van der Waals surface area contributed by atoms with E-state index in [9.17, 15) is 9.59 Å². The van der Waals surface area contributed by atoms with E-state index in [1.165, 1.54) is 0 Å². The highest BCUT2D eigenvalue weighted by molar-refractivity contribution is 6.39. The van der Waals surface area contributed by atoms with Gasteiger partial charge in [0.15, 0.2) is 0 Å². The van der Waals surface area contributed by atoms with Gasteiger partial charge in [0.2, 0.25) is 11.8 Å². The van der Waals surface area contributed by atoms with Gasteiger partial charge in [-0.2, -0.15) is 0 Å². The number of rotatable bonds is 4. The number of piperidine rings is 1. The molecule has 1 saturated heterocycles. The fourth-order valence-electron chi connectivity index (χ4n) is 2.22. The predicted octanol–water partition coefficient (Wildman–Crippen LogP) is 2.14. The third-order valence-corrected chi connectivity index (χ3v) is 4.04. The Hall–Kier alpha value is -1.30. The quantitative estimate of drug-likeness (QED) is 0.889. The molecule has 2 rings (SSSR count). The fourth-order valence-corrected chi connectivity index (χ4v) is 2.71. The molecule has 0 spiro atoms. The second kappa shape index (κ2) is 7.11. The molecule has 5 nitrogen and oxygen atoms in total. The van der Waals surface area contributed by atoms with Gasteiger partial charge in [-0.1, -0.05) is 29.3 Å². The number of hydrogen-bond donors (Lipinski definition) is 2. The van der Waals surface area contributed by atoms with Gasteiger partial charge in [0.1, 0.15) is 0 Å². The summed E-state index contributed by atoms with van der Waals surface area (Å²) in [6.45, 7) is 0.757. The van der Waals surface area contributed by atoms with Gasteiger partial charge in [0, 0.05) is 26.1 Å². The first-order valence-electron chi connectivity index (χ1n) is 6.68. The molecule has 7 heteroatoms. The third-order valence-electron chi connectivity index (χ3n) is 3.41. The molecule has 21 heavy (non-hydrogen) atoms. The van der Waals surface area contributed by atoms with Gasteiger partial charge in [-0.15, -0.1) is 0 Å². The lowest BCUT2D eigenvalue weighted by Gasteiger charge is -2.30. The molecule has 0 bridgehead atoms. The number of nitrogens with one attached hydrogen (secondary N) is 2. The van der Waals surface area contributed by atoms with Crippen molar-refractivity contribution in [3.8, 4) is 0 Å². The average Bonchev–Trinajstić information content (AvgIpc) is 2.44. The number of hydrogen-bond acceptors (Lipinski definition) is 3. The standard InChI is InChI=1S/C14H17Cl2N3O2/c1-19-8-9(5-6-13(19)21)17-7-12(20)18-14-10(15)3-2-4-11(14)16/h2-4,9,17H,5-8H2,1H3,(H,18,20). The van der Waals surface area contributed by atoms with Crippen molar-refractivity contribution in [2.45, 2.75) is 18.9 Å². The molecule has 1 aromatic rings. The van der Waals surface area contributed by atoms with Crippen LogP contribution in [0.25, 0.3) is 0 Å². The highest BCUT2D eigenvalue weighted by atomic mass is 35.5. The minimum Gasteiger partial charge on any atom is -0.344 e. The van der Waals surface area contributed by atoms with Crippen molar-refractivity contribution >= 4 is 40.7 Å². The summed E-state index contributed by atoms with van der Waals surface area (Å²) >= 11 is 12.0. The summed E-state index contributed by atoms with van der Waals surface area (Å²) in [5.41, 5.74) is 0.420. The zero-order valence-corrected chi connectivity index (χ0v) is 13.2. The minimum absolute atomic E-state index is 0.125. The van der Waals surface area contributed by atoms with Gasteiger partial charge in [-0.05, 0) is 18.6 Å². The van der Waals surface area contributed by atoms with Crippen molar-refractivity contribution in [2.24, 2.45) is 0 Å². The Bertz CT molecular complexity index is 531. The molecule has 0 aromatic heterocycles. The zero-order chi connectivity index (χ0) is 15.4. The number of halogens is 2. The second-order valence-corrected chi connectivity index (χ2v) is 5.85. The predicted molar refractivity (Wildman–Crippen MR) is 83.8 cm³/mol. The molecule has 1 heterocycles. The largest absolute Gasteiger partial charge is 0.344 e. The van der Waals surface area contributed by atoms with Crippen molar-refractivity contribution in [1.29, 1.82) is 0 Å². The summed E-state index contributed by atoms with van der Waals surface area (Å²) in [5.74, 6) is -0.0788. The van der Waals surface area contributed by atoms with Crippen LogP contribution in [0.2, 0.25) is 10.0 Å². The van der Waals surface area contributed by atoms with E-state index in [2.05, 4.69) is 10.6 Å². The van der Waals surface area contributed by atoms with Crippen LogP contribution in [-0.4, -0.2) is 42.9 Å². The molecule has 2 amide bonds. The van der Waals surface area contributed by atoms with Crippen LogP contribution in [0, 0.1) is 0 Å². The van der Waals surface area contributed by atoms with E-state index >= 15 is 0 Å². The van der Waals surface area contributed by atoms with Crippen molar-refractivity contribution in [1.82, 2.24) is 10.2 Å². The second-order valence-electron chi connectivity index (χ2n) is 5.04. The average molecular weight is 330 g/mol. The van der Waals surface area contributed by atoms with Gasteiger partial charge in [-0.3, -0.25) is 9.59 Å². The summed E-state index contributed by atoms with van der Waals surface area (Å²) in [7, 11) is 1.76. The molecule has 114 valence electrons. The lowest BCUT2D eigenvalue weighted by Crippen LogP contribution is -2.48. The van der Waals surface area contributed by atoms with Gasteiger partial charge in [0.05, 0.1) is 22.3 Å². The van der Waals surface area contributed by atoms with E-state index in [0.29, 0.717) is 28.7 Å². The maximum absolute atomic E-state index is 11.9. The Kier molecular flexibility index (Phi) is 5.45. The Labute approximate surface area is 133 Å². The molecule has 0 radical (unpaired) electrons. The van der Waals surface area contributed by atoms with Crippen molar-refractivity contribution in [3.05, 3.63) is 28.2 Å². The first kappa shape index (κ1) is 16.1. The van der Waals surface area contributed by atoms with Crippen LogP contribution in [0.15, 0.2) is 18.2 Å². The number of anilines is 1. The van der Waals surface area contributed by atoms with Crippen molar-refractivity contribution < 1.29 is 9.59 Å². The molecule has 2 N–H and O–H groups in total. The number of carbonyl (C=O) groups is 2. The smallest absolute Gasteiger partial charge is 0.238 e. The highest BCUT2D eigenvalue weighted by Crippen LogP contribution is 2.29. The Morgan fingerprint density at radius 3 is 2.67 bits per heavy atom. The Balaban J connectivity index is 1.84. The molecule has 1 atom stereocenters. The summed E-state index contributed by atoms with van der Waals surface area (Å²) in [4.78, 5) is 25.0. The number of benzene rings is 1. The molecule has 1 unspecified atom stereocenters. The number of nitrogens with zero attached hydrogens (tertiary/aromatic N) is 1. The molecular weight excluding hydrogens is 313 g/mol. The molecular formula is C14H17Cl2N3O2. The zero-order valence-electron chi connectivity index (χ0n) is 11.7. The molecule has 1 fully saturated rings. The number of likely N-dealkylation sites (tertiary alicyclic amines) is 1. The molecule has 1 aliphatic heterocycles. The van der Waals surface area contributed by atoms with Gasteiger partial charge < -0.3 is 15.5 Å². The lowest BCUT2D eigenvalue weighted by molar-refractivity contribution is -0.132. The highest BCUT2D eigenvalue weighted by Gasteiger charge is 2.22. The monoisotopic (exact) mass is 329 g/mol. The molecule has 1 aliphatic rings. The summed E-state index contributed by atoms with van der Waals surface area (Å²) in [6.07, 6.45) is 1.25. The maximum atomic E-state index is 11.9. The van der Waals surface area contributed by atoms with Crippen LogP contribution in [0.4, 0.5) is 5.69 Å². The maximum Gasteiger partial charge on any atom is 0.238 e. The van der Waals surface area contributed by atoms with E-state index in [1.807, 2.05) is 0 Å². The van der Waals surface area contributed by atoms with Crippen LogP contribution in [0.3, 0.4) is 0 Å². The first-order valence-corrected chi connectivity index (χ1v) is 7.44. The van der Waals surface area contributed by atoms with E-state index in [4.69, 9.17) is 23.2 Å². The van der Waals surface area contributed by atoms with E-state index in [-0.39, 0.29) is 24.4 Å².